The summed E-state index contributed by atoms with van der Waals surface area (Å²) < 4.78 is 4.61. The van der Waals surface area contributed by atoms with Gasteiger partial charge in [-0.05, 0) is 23.4 Å². The maximum absolute atomic E-state index is 11.9. The number of nitrogens with zero attached hydrogens (tertiary/aromatic N) is 1. The molecule has 2 rings (SSSR count). The minimum absolute atomic E-state index is 0.449. The predicted octanol–water partition coefficient (Wildman–Crippen LogP) is 0.444. The minimum Gasteiger partial charge on any atom is -0.480 e. The van der Waals surface area contributed by atoms with E-state index in [9.17, 15) is 14.4 Å². The van der Waals surface area contributed by atoms with E-state index in [2.05, 4.69) is 10.1 Å². The number of thiophene rings is 1. The van der Waals surface area contributed by atoms with Crippen LogP contribution in [-0.4, -0.2) is 47.7 Å². The van der Waals surface area contributed by atoms with Crippen molar-refractivity contribution >= 4 is 29.2 Å². The zero-order valence-corrected chi connectivity index (χ0v) is 11.4. The van der Waals surface area contributed by atoms with Gasteiger partial charge >= 0.3 is 12.0 Å². The van der Waals surface area contributed by atoms with Crippen molar-refractivity contribution in [2.24, 2.45) is 0 Å². The van der Waals surface area contributed by atoms with E-state index >= 15 is 0 Å². The fourth-order valence-electron chi connectivity index (χ4n) is 1.89. The SMILES string of the molecule is O=C(O)COCC(=O)NC(=O)N1CCc2sccc2C1. The molecular formula is C12H14N2O5S. The molecule has 1 aliphatic rings. The number of imide groups is 1. The van der Waals surface area contributed by atoms with Crippen molar-refractivity contribution in [3.05, 3.63) is 21.9 Å². The lowest BCUT2D eigenvalue weighted by Gasteiger charge is -2.26. The Balaban J connectivity index is 1.78. The molecule has 0 aromatic carbocycles. The van der Waals surface area contributed by atoms with Crippen LogP contribution >= 0.6 is 11.3 Å². The number of carbonyl (C=O) groups excluding carboxylic acids is 2. The van der Waals surface area contributed by atoms with Crippen molar-refractivity contribution in [1.82, 2.24) is 10.2 Å². The zero-order valence-electron chi connectivity index (χ0n) is 10.6. The van der Waals surface area contributed by atoms with E-state index < -0.39 is 31.1 Å². The van der Waals surface area contributed by atoms with Crippen LogP contribution in [0.5, 0.6) is 0 Å². The van der Waals surface area contributed by atoms with Gasteiger partial charge in [-0.1, -0.05) is 0 Å². The number of hydrogen-bond acceptors (Lipinski definition) is 5. The van der Waals surface area contributed by atoms with Crippen LogP contribution in [0.3, 0.4) is 0 Å². The van der Waals surface area contributed by atoms with Crippen LogP contribution in [0.2, 0.25) is 0 Å². The number of aliphatic carboxylic acids is 1. The van der Waals surface area contributed by atoms with Gasteiger partial charge in [0.05, 0.1) is 0 Å². The topological polar surface area (TPSA) is 95.9 Å². The highest BCUT2D eigenvalue weighted by molar-refractivity contribution is 7.10. The quantitative estimate of drug-likeness (QED) is 0.841. The van der Waals surface area contributed by atoms with E-state index in [1.807, 2.05) is 11.4 Å². The minimum atomic E-state index is -1.16. The van der Waals surface area contributed by atoms with Crippen LogP contribution in [0.1, 0.15) is 10.4 Å². The third kappa shape index (κ3) is 3.78. The van der Waals surface area contributed by atoms with Crippen molar-refractivity contribution in [1.29, 1.82) is 0 Å². The van der Waals surface area contributed by atoms with Crippen molar-refractivity contribution in [3.63, 3.8) is 0 Å². The van der Waals surface area contributed by atoms with Gasteiger partial charge in [-0.15, -0.1) is 11.3 Å². The molecule has 0 atom stereocenters. The normalized spacial score (nSPS) is 13.7. The summed E-state index contributed by atoms with van der Waals surface area (Å²) in [5.41, 5.74) is 1.10. The Labute approximate surface area is 119 Å². The van der Waals surface area contributed by atoms with Gasteiger partial charge in [0.25, 0.3) is 5.91 Å². The number of fused-ring (bicyclic) bond motifs is 1. The fourth-order valence-corrected chi connectivity index (χ4v) is 2.78. The molecule has 2 N–H and O–H groups in total. The number of carboxylic acid groups (broad SMARTS) is 1. The van der Waals surface area contributed by atoms with Crippen LogP contribution in [-0.2, 0) is 27.3 Å². The molecule has 1 aliphatic heterocycles. The third-order valence-corrected chi connectivity index (χ3v) is 3.82. The first kappa shape index (κ1) is 14.5. The number of carboxylic acids is 1. The van der Waals surface area contributed by atoms with Crippen LogP contribution in [0.15, 0.2) is 11.4 Å². The van der Waals surface area contributed by atoms with Crippen molar-refractivity contribution in [2.75, 3.05) is 19.8 Å². The molecule has 108 valence electrons. The zero-order chi connectivity index (χ0) is 14.5. The lowest BCUT2D eigenvalue weighted by atomic mass is 10.1. The first-order valence-corrected chi connectivity index (χ1v) is 6.88. The van der Waals surface area contributed by atoms with Gasteiger partial charge in [-0.2, -0.15) is 0 Å². The molecule has 1 aromatic heterocycles. The number of hydrogen-bond donors (Lipinski definition) is 2. The molecule has 3 amide bonds. The van der Waals surface area contributed by atoms with Gasteiger partial charge in [-0.25, -0.2) is 9.59 Å². The molecule has 0 saturated heterocycles. The van der Waals surface area contributed by atoms with Gasteiger partial charge in [0, 0.05) is 18.0 Å². The summed E-state index contributed by atoms with van der Waals surface area (Å²) in [6, 6.07) is 1.49. The maximum atomic E-state index is 11.9. The van der Waals surface area contributed by atoms with Crippen LogP contribution < -0.4 is 5.32 Å². The lowest BCUT2D eigenvalue weighted by molar-refractivity contribution is -0.143. The van der Waals surface area contributed by atoms with Crippen molar-refractivity contribution in [3.8, 4) is 0 Å². The third-order valence-electron chi connectivity index (χ3n) is 2.80. The largest absolute Gasteiger partial charge is 0.480 e. The number of rotatable bonds is 4. The Bertz CT molecular complexity index is 528. The predicted molar refractivity (Wildman–Crippen MR) is 70.4 cm³/mol. The van der Waals surface area contributed by atoms with Crippen LogP contribution in [0.25, 0.3) is 0 Å². The summed E-state index contributed by atoms with van der Waals surface area (Å²) in [4.78, 5) is 36.3. The smallest absolute Gasteiger partial charge is 0.329 e. The highest BCUT2D eigenvalue weighted by atomic mass is 32.1. The highest BCUT2D eigenvalue weighted by Crippen LogP contribution is 2.23. The second kappa shape index (κ2) is 6.49. The molecule has 0 saturated carbocycles. The molecule has 0 spiro atoms. The van der Waals surface area contributed by atoms with E-state index in [1.165, 1.54) is 4.88 Å². The molecular weight excluding hydrogens is 284 g/mol. The summed E-state index contributed by atoms with van der Waals surface area (Å²) in [5, 5.41) is 12.5. The van der Waals surface area contributed by atoms with Gasteiger partial charge in [0.2, 0.25) is 0 Å². The Morgan fingerprint density at radius 2 is 2.20 bits per heavy atom. The van der Waals surface area contributed by atoms with Gasteiger partial charge in [-0.3, -0.25) is 10.1 Å². The standard InChI is InChI=1S/C12H14N2O5S/c15-10(6-19-7-11(16)17)13-12(18)14-3-1-9-8(5-14)2-4-20-9/h2,4H,1,3,5-7H2,(H,16,17)(H,13,15,18). The molecule has 2 heterocycles. The summed E-state index contributed by atoms with van der Waals surface area (Å²) in [6.45, 7) is 0.0235. The Morgan fingerprint density at radius 3 is 2.95 bits per heavy atom. The molecule has 0 bridgehead atoms. The van der Waals surface area contributed by atoms with E-state index in [4.69, 9.17) is 5.11 Å². The second-order valence-electron chi connectivity index (χ2n) is 4.28. The monoisotopic (exact) mass is 298 g/mol. The van der Waals surface area contributed by atoms with Gasteiger partial charge in [0.1, 0.15) is 13.2 Å². The first-order chi connectivity index (χ1) is 9.56. The van der Waals surface area contributed by atoms with Crippen LogP contribution in [0.4, 0.5) is 4.79 Å². The fraction of sp³-hybridized carbons (Fsp3) is 0.417. The number of carbonyl (C=O) groups is 3. The molecule has 0 radical (unpaired) electrons. The summed E-state index contributed by atoms with van der Waals surface area (Å²) in [6.07, 6.45) is 0.782. The van der Waals surface area contributed by atoms with E-state index in [-0.39, 0.29) is 0 Å². The summed E-state index contributed by atoms with van der Waals surface area (Å²) in [7, 11) is 0. The molecule has 0 unspecified atom stereocenters. The number of ether oxygens (including phenoxy) is 1. The molecule has 20 heavy (non-hydrogen) atoms. The van der Waals surface area contributed by atoms with Crippen LogP contribution in [0, 0.1) is 0 Å². The van der Waals surface area contributed by atoms with Crippen molar-refractivity contribution in [2.45, 2.75) is 13.0 Å². The molecule has 8 heteroatoms. The number of nitrogens with one attached hydrogen (secondary N) is 1. The average Bonchev–Trinajstić information content (AvgIpc) is 2.85. The van der Waals surface area contributed by atoms with E-state index in [1.54, 1.807) is 16.2 Å². The summed E-state index contributed by atoms with van der Waals surface area (Å²) >= 11 is 1.67. The number of urea groups is 1. The molecule has 0 fully saturated rings. The molecule has 0 aliphatic carbocycles. The van der Waals surface area contributed by atoms with E-state index in [0.29, 0.717) is 13.1 Å². The van der Waals surface area contributed by atoms with E-state index in [0.717, 1.165) is 12.0 Å². The Morgan fingerprint density at radius 1 is 1.40 bits per heavy atom. The first-order valence-electron chi connectivity index (χ1n) is 6.00. The Kier molecular flexibility index (Phi) is 4.70. The van der Waals surface area contributed by atoms with Gasteiger partial charge < -0.3 is 14.7 Å². The number of amides is 3. The summed E-state index contributed by atoms with van der Waals surface area (Å²) in [5.74, 6) is -1.81. The Hall–Kier alpha value is -1.93. The molecule has 1 aromatic rings. The van der Waals surface area contributed by atoms with Gasteiger partial charge in [0.15, 0.2) is 0 Å². The highest BCUT2D eigenvalue weighted by Gasteiger charge is 2.22. The maximum Gasteiger partial charge on any atom is 0.329 e. The molecule has 7 nitrogen and oxygen atoms in total. The lowest BCUT2D eigenvalue weighted by Crippen LogP contribution is -2.45. The van der Waals surface area contributed by atoms with Crippen molar-refractivity contribution < 1.29 is 24.2 Å². The average molecular weight is 298 g/mol. The second-order valence-corrected chi connectivity index (χ2v) is 5.28.